The molecule has 0 amide bonds. The summed E-state index contributed by atoms with van der Waals surface area (Å²) in [6, 6.07) is 26.0. The fourth-order valence-corrected chi connectivity index (χ4v) is 2.74. The molecule has 4 aromatic rings. The third-order valence-corrected chi connectivity index (χ3v) is 4.21. The molecule has 0 spiro atoms. The Kier molecular flexibility index (Phi) is 4.79. The average molecular weight is 354 g/mol. The van der Waals surface area contributed by atoms with E-state index in [4.69, 9.17) is 9.15 Å². The molecule has 0 aliphatic heterocycles. The highest BCUT2D eigenvalue weighted by atomic mass is 16.5. The Labute approximate surface area is 157 Å². The molecular formula is C23H18N2O2. The van der Waals surface area contributed by atoms with Crippen LogP contribution in [0, 0.1) is 0 Å². The monoisotopic (exact) mass is 354 g/mol. The van der Waals surface area contributed by atoms with E-state index in [2.05, 4.69) is 10.2 Å². The van der Waals surface area contributed by atoms with E-state index in [-0.39, 0.29) is 0 Å². The predicted molar refractivity (Wildman–Crippen MR) is 107 cm³/mol. The Morgan fingerprint density at radius 1 is 0.704 bits per heavy atom. The average Bonchev–Trinajstić information content (AvgIpc) is 3.22. The first-order valence-electron chi connectivity index (χ1n) is 8.63. The van der Waals surface area contributed by atoms with Gasteiger partial charge in [0.2, 0.25) is 11.8 Å². The Morgan fingerprint density at radius 3 is 2.00 bits per heavy atom. The molecule has 1 aromatic heterocycles. The lowest BCUT2D eigenvalue weighted by molar-refractivity contribution is 0.415. The van der Waals surface area contributed by atoms with Crippen molar-refractivity contribution in [1.82, 2.24) is 10.2 Å². The molecule has 0 N–H and O–H groups in total. The summed E-state index contributed by atoms with van der Waals surface area (Å²) in [5.41, 5.74) is 4.21. The molecule has 27 heavy (non-hydrogen) atoms. The molecular weight excluding hydrogens is 336 g/mol. The van der Waals surface area contributed by atoms with Crippen LogP contribution in [0.2, 0.25) is 0 Å². The number of hydrogen-bond acceptors (Lipinski definition) is 4. The minimum atomic E-state index is 0.480. The van der Waals surface area contributed by atoms with Gasteiger partial charge in [0.25, 0.3) is 0 Å². The molecule has 132 valence electrons. The van der Waals surface area contributed by atoms with E-state index in [0.717, 1.165) is 28.0 Å². The van der Waals surface area contributed by atoms with Crippen LogP contribution in [0.3, 0.4) is 0 Å². The number of hydrogen-bond donors (Lipinski definition) is 0. The zero-order valence-electron chi connectivity index (χ0n) is 14.9. The Hall–Kier alpha value is -3.66. The van der Waals surface area contributed by atoms with Crippen LogP contribution in [0.1, 0.15) is 11.5 Å². The predicted octanol–water partition coefficient (Wildman–Crippen LogP) is 5.58. The van der Waals surface area contributed by atoms with Gasteiger partial charge in [-0.2, -0.15) is 0 Å². The molecule has 0 radical (unpaired) electrons. The van der Waals surface area contributed by atoms with Crippen molar-refractivity contribution < 1.29 is 9.15 Å². The summed E-state index contributed by atoms with van der Waals surface area (Å²) >= 11 is 0. The number of benzene rings is 3. The summed E-state index contributed by atoms with van der Waals surface area (Å²) in [6.07, 6.45) is 3.77. The van der Waals surface area contributed by atoms with Gasteiger partial charge in [-0.1, -0.05) is 54.6 Å². The SMILES string of the molecule is COc1ccc(-c2ccc(-c3nnc(/C=C/c4ccccc4)o3)cc2)cc1. The summed E-state index contributed by atoms with van der Waals surface area (Å²) < 4.78 is 10.9. The number of methoxy groups -OCH3 is 1. The van der Waals surface area contributed by atoms with Gasteiger partial charge in [-0.25, -0.2) is 0 Å². The summed E-state index contributed by atoms with van der Waals surface area (Å²) in [7, 11) is 1.66. The molecule has 0 aliphatic rings. The fraction of sp³-hybridized carbons (Fsp3) is 0.0435. The zero-order chi connectivity index (χ0) is 18.5. The standard InChI is InChI=1S/C23H18N2O2/c1-26-21-14-12-19(13-15-21)18-8-10-20(11-9-18)23-25-24-22(27-23)16-7-17-5-3-2-4-6-17/h2-16H,1H3/b16-7+. The normalized spacial score (nSPS) is 11.0. The van der Waals surface area contributed by atoms with E-state index in [1.165, 1.54) is 0 Å². The Morgan fingerprint density at radius 2 is 1.33 bits per heavy atom. The molecule has 0 saturated heterocycles. The van der Waals surface area contributed by atoms with E-state index < -0.39 is 0 Å². The summed E-state index contributed by atoms with van der Waals surface area (Å²) in [6.45, 7) is 0. The quantitative estimate of drug-likeness (QED) is 0.469. The molecule has 4 nitrogen and oxygen atoms in total. The third-order valence-electron chi connectivity index (χ3n) is 4.21. The highest BCUT2D eigenvalue weighted by molar-refractivity contribution is 5.69. The number of aromatic nitrogens is 2. The molecule has 0 bridgehead atoms. The molecule has 0 aliphatic carbocycles. The highest BCUT2D eigenvalue weighted by Crippen LogP contribution is 2.26. The van der Waals surface area contributed by atoms with Crippen molar-refractivity contribution in [2.75, 3.05) is 7.11 Å². The minimum absolute atomic E-state index is 0.480. The van der Waals surface area contributed by atoms with Crippen molar-refractivity contribution in [3.8, 4) is 28.3 Å². The first-order valence-corrected chi connectivity index (χ1v) is 8.63. The van der Waals surface area contributed by atoms with E-state index in [0.29, 0.717) is 11.8 Å². The van der Waals surface area contributed by atoms with Crippen LogP contribution in [-0.2, 0) is 0 Å². The second-order valence-corrected chi connectivity index (χ2v) is 6.00. The van der Waals surface area contributed by atoms with Gasteiger partial charge in [0.15, 0.2) is 0 Å². The molecule has 0 unspecified atom stereocenters. The Bertz CT molecular complexity index is 1030. The van der Waals surface area contributed by atoms with Crippen molar-refractivity contribution in [2.24, 2.45) is 0 Å². The first kappa shape index (κ1) is 16.8. The van der Waals surface area contributed by atoms with Gasteiger partial charge in [-0.3, -0.25) is 0 Å². The smallest absolute Gasteiger partial charge is 0.248 e. The molecule has 4 rings (SSSR count). The van der Waals surface area contributed by atoms with Gasteiger partial charge in [0, 0.05) is 11.6 Å². The maximum atomic E-state index is 5.74. The molecule has 0 atom stereocenters. The highest BCUT2D eigenvalue weighted by Gasteiger charge is 2.07. The summed E-state index contributed by atoms with van der Waals surface area (Å²) in [5, 5.41) is 8.23. The van der Waals surface area contributed by atoms with Crippen molar-refractivity contribution in [3.05, 3.63) is 90.3 Å². The lowest BCUT2D eigenvalue weighted by Crippen LogP contribution is -1.83. The van der Waals surface area contributed by atoms with Crippen molar-refractivity contribution in [3.63, 3.8) is 0 Å². The number of nitrogens with zero attached hydrogens (tertiary/aromatic N) is 2. The second-order valence-electron chi connectivity index (χ2n) is 6.00. The van der Waals surface area contributed by atoms with E-state index in [1.807, 2.05) is 91.0 Å². The van der Waals surface area contributed by atoms with Crippen LogP contribution in [0.15, 0.2) is 83.3 Å². The van der Waals surface area contributed by atoms with Gasteiger partial charge < -0.3 is 9.15 Å². The van der Waals surface area contributed by atoms with E-state index >= 15 is 0 Å². The van der Waals surface area contributed by atoms with Crippen molar-refractivity contribution in [2.45, 2.75) is 0 Å². The van der Waals surface area contributed by atoms with E-state index in [9.17, 15) is 0 Å². The fourth-order valence-electron chi connectivity index (χ4n) is 2.74. The van der Waals surface area contributed by atoms with Gasteiger partial charge >= 0.3 is 0 Å². The van der Waals surface area contributed by atoms with Gasteiger partial charge in [0.1, 0.15) is 5.75 Å². The van der Waals surface area contributed by atoms with Gasteiger partial charge in [0.05, 0.1) is 7.11 Å². The number of rotatable bonds is 5. The lowest BCUT2D eigenvalue weighted by Gasteiger charge is -2.04. The first-order chi connectivity index (χ1) is 13.3. The van der Waals surface area contributed by atoms with Crippen LogP contribution in [0.5, 0.6) is 5.75 Å². The van der Waals surface area contributed by atoms with Crippen molar-refractivity contribution >= 4 is 12.2 Å². The molecule has 1 heterocycles. The van der Waals surface area contributed by atoms with Crippen molar-refractivity contribution in [1.29, 1.82) is 0 Å². The molecule has 0 fully saturated rings. The van der Waals surface area contributed by atoms with Crippen LogP contribution in [0.25, 0.3) is 34.7 Å². The minimum Gasteiger partial charge on any atom is -0.497 e. The van der Waals surface area contributed by atoms with Crippen LogP contribution in [-0.4, -0.2) is 17.3 Å². The second kappa shape index (κ2) is 7.70. The third kappa shape index (κ3) is 3.96. The zero-order valence-corrected chi connectivity index (χ0v) is 14.9. The molecule has 4 heteroatoms. The molecule has 3 aromatic carbocycles. The van der Waals surface area contributed by atoms with Gasteiger partial charge in [-0.15, -0.1) is 10.2 Å². The molecule has 0 saturated carbocycles. The summed E-state index contributed by atoms with van der Waals surface area (Å²) in [4.78, 5) is 0. The van der Waals surface area contributed by atoms with Crippen LogP contribution >= 0.6 is 0 Å². The summed E-state index contributed by atoms with van der Waals surface area (Å²) in [5.74, 6) is 1.83. The lowest BCUT2D eigenvalue weighted by atomic mass is 10.0. The Balaban J connectivity index is 1.50. The van der Waals surface area contributed by atoms with Crippen LogP contribution < -0.4 is 4.74 Å². The van der Waals surface area contributed by atoms with Gasteiger partial charge in [-0.05, 0) is 47.0 Å². The number of ether oxygens (including phenoxy) is 1. The topological polar surface area (TPSA) is 48.2 Å². The maximum absolute atomic E-state index is 5.74. The maximum Gasteiger partial charge on any atom is 0.248 e. The largest absolute Gasteiger partial charge is 0.497 e. The van der Waals surface area contributed by atoms with Crippen LogP contribution in [0.4, 0.5) is 0 Å². The van der Waals surface area contributed by atoms with E-state index in [1.54, 1.807) is 7.11 Å².